The number of rotatable bonds is 5. The molecule has 0 fully saturated rings. The standard InChI is InChI=1S/C20H17ClN4O2/c1-12-9-15(21)5-8-17(12)25-20(27)18-10-19(23-11-22-18)24-16-6-3-14(4-7-16)13(2)26/h3-11H,1-2H3,(H,25,27)(H,22,23,24). The zero-order valence-corrected chi connectivity index (χ0v) is 15.5. The van der Waals surface area contributed by atoms with Crippen molar-refractivity contribution in [3.63, 3.8) is 0 Å². The predicted octanol–water partition coefficient (Wildman–Crippen LogP) is 4.64. The van der Waals surface area contributed by atoms with Crippen molar-refractivity contribution in [3.8, 4) is 0 Å². The number of aromatic nitrogens is 2. The van der Waals surface area contributed by atoms with Gasteiger partial charge in [-0.2, -0.15) is 0 Å². The van der Waals surface area contributed by atoms with Gasteiger partial charge < -0.3 is 10.6 Å². The zero-order valence-electron chi connectivity index (χ0n) is 14.8. The van der Waals surface area contributed by atoms with Crippen molar-refractivity contribution in [2.45, 2.75) is 13.8 Å². The molecule has 0 unspecified atom stereocenters. The second kappa shape index (κ2) is 7.97. The van der Waals surface area contributed by atoms with Crippen LogP contribution in [0.4, 0.5) is 17.2 Å². The summed E-state index contributed by atoms with van der Waals surface area (Å²) in [6, 6.07) is 13.8. The van der Waals surface area contributed by atoms with E-state index in [2.05, 4.69) is 20.6 Å². The summed E-state index contributed by atoms with van der Waals surface area (Å²) in [5.41, 5.74) is 3.12. The summed E-state index contributed by atoms with van der Waals surface area (Å²) in [6.07, 6.45) is 1.32. The van der Waals surface area contributed by atoms with Crippen LogP contribution in [0.2, 0.25) is 5.02 Å². The van der Waals surface area contributed by atoms with Crippen LogP contribution in [0.15, 0.2) is 54.9 Å². The molecule has 0 aliphatic carbocycles. The number of aryl methyl sites for hydroxylation is 1. The summed E-state index contributed by atoms with van der Waals surface area (Å²) in [6.45, 7) is 3.37. The fourth-order valence-electron chi connectivity index (χ4n) is 2.44. The lowest BCUT2D eigenvalue weighted by atomic mass is 10.1. The maximum absolute atomic E-state index is 12.5. The van der Waals surface area contributed by atoms with Crippen LogP contribution in [0.5, 0.6) is 0 Å². The van der Waals surface area contributed by atoms with Gasteiger partial charge >= 0.3 is 0 Å². The van der Waals surface area contributed by atoms with Gasteiger partial charge in [0.1, 0.15) is 17.8 Å². The minimum absolute atomic E-state index is 0.0000337. The number of ketones is 1. The van der Waals surface area contributed by atoms with Gasteiger partial charge in [-0.3, -0.25) is 9.59 Å². The third-order valence-corrected chi connectivity index (χ3v) is 4.14. The first-order chi connectivity index (χ1) is 12.9. The van der Waals surface area contributed by atoms with E-state index in [9.17, 15) is 9.59 Å². The Morgan fingerprint density at radius 2 is 1.74 bits per heavy atom. The number of anilines is 3. The molecule has 0 aliphatic heterocycles. The highest BCUT2D eigenvalue weighted by molar-refractivity contribution is 6.30. The molecule has 3 rings (SSSR count). The molecule has 0 bridgehead atoms. The highest BCUT2D eigenvalue weighted by Crippen LogP contribution is 2.21. The van der Waals surface area contributed by atoms with E-state index in [-0.39, 0.29) is 17.4 Å². The lowest BCUT2D eigenvalue weighted by molar-refractivity contribution is 0.101. The average molecular weight is 381 g/mol. The molecule has 136 valence electrons. The average Bonchev–Trinajstić information content (AvgIpc) is 2.64. The third kappa shape index (κ3) is 4.68. The van der Waals surface area contributed by atoms with Crippen molar-refractivity contribution in [2.75, 3.05) is 10.6 Å². The van der Waals surface area contributed by atoms with Gasteiger partial charge in [-0.05, 0) is 61.9 Å². The number of carbonyl (C=O) groups excluding carboxylic acids is 2. The molecule has 0 spiro atoms. The molecule has 2 N–H and O–H groups in total. The molecular formula is C20H17ClN4O2. The Bertz CT molecular complexity index is 1000. The molecule has 6 nitrogen and oxygen atoms in total. The van der Waals surface area contributed by atoms with Crippen LogP contribution >= 0.6 is 11.6 Å². The van der Waals surface area contributed by atoms with Crippen LogP contribution < -0.4 is 10.6 Å². The quantitative estimate of drug-likeness (QED) is 0.630. The number of hydrogen-bond acceptors (Lipinski definition) is 5. The molecule has 1 heterocycles. The van der Waals surface area contributed by atoms with Crippen LogP contribution in [0.3, 0.4) is 0 Å². The number of amides is 1. The Balaban J connectivity index is 1.74. The third-order valence-electron chi connectivity index (χ3n) is 3.90. The normalized spacial score (nSPS) is 10.3. The first-order valence-electron chi connectivity index (χ1n) is 8.20. The number of nitrogens with one attached hydrogen (secondary N) is 2. The van der Waals surface area contributed by atoms with E-state index in [1.165, 1.54) is 13.3 Å². The van der Waals surface area contributed by atoms with Gasteiger partial charge in [0.25, 0.3) is 5.91 Å². The Morgan fingerprint density at radius 1 is 1.00 bits per heavy atom. The van der Waals surface area contributed by atoms with Gasteiger partial charge in [-0.25, -0.2) is 9.97 Å². The Morgan fingerprint density at radius 3 is 2.41 bits per heavy atom. The predicted molar refractivity (Wildman–Crippen MR) is 106 cm³/mol. The summed E-state index contributed by atoms with van der Waals surface area (Å²) in [5, 5.41) is 6.51. The molecule has 0 aliphatic rings. The van der Waals surface area contributed by atoms with Crippen LogP contribution in [0.25, 0.3) is 0 Å². The van der Waals surface area contributed by atoms with Crippen molar-refractivity contribution >= 4 is 40.5 Å². The van der Waals surface area contributed by atoms with Crippen LogP contribution in [-0.4, -0.2) is 21.7 Å². The summed E-state index contributed by atoms with van der Waals surface area (Å²) in [7, 11) is 0. The molecule has 0 radical (unpaired) electrons. The van der Waals surface area contributed by atoms with E-state index in [0.29, 0.717) is 22.1 Å². The van der Waals surface area contributed by atoms with E-state index in [1.54, 1.807) is 48.5 Å². The zero-order chi connectivity index (χ0) is 19.4. The van der Waals surface area contributed by atoms with Gasteiger partial charge in [-0.1, -0.05) is 11.6 Å². The van der Waals surface area contributed by atoms with Crippen molar-refractivity contribution in [1.82, 2.24) is 9.97 Å². The minimum atomic E-state index is -0.349. The van der Waals surface area contributed by atoms with Gasteiger partial charge in [0.15, 0.2) is 5.78 Å². The van der Waals surface area contributed by atoms with Gasteiger partial charge in [0, 0.05) is 28.0 Å². The largest absolute Gasteiger partial charge is 0.340 e. The highest BCUT2D eigenvalue weighted by atomic mass is 35.5. The molecule has 3 aromatic rings. The second-order valence-electron chi connectivity index (χ2n) is 5.96. The monoisotopic (exact) mass is 380 g/mol. The fraction of sp³-hybridized carbons (Fsp3) is 0.100. The molecule has 1 amide bonds. The van der Waals surface area contributed by atoms with Crippen LogP contribution in [0.1, 0.15) is 33.3 Å². The molecular weight excluding hydrogens is 364 g/mol. The van der Waals surface area contributed by atoms with Gasteiger partial charge in [0.05, 0.1) is 0 Å². The topological polar surface area (TPSA) is 84.0 Å². The summed E-state index contributed by atoms with van der Waals surface area (Å²) < 4.78 is 0. The number of hydrogen-bond donors (Lipinski definition) is 2. The van der Waals surface area contributed by atoms with Crippen molar-refractivity contribution in [3.05, 3.63) is 76.7 Å². The Kier molecular flexibility index (Phi) is 5.47. The van der Waals surface area contributed by atoms with E-state index in [0.717, 1.165) is 11.3 Å². The molecule has 1 aromatic heterocycles. The summed E-state index contributed by atoms with van der Waals surface area (Å²) in [5.74, 6) is 0.122. The summed E-state index contributed by atoms with van der Waals surface area (Å²) >= 11 is 5.94. The number of halogens is 1. The van der Waals surface area contributed by atoms with Crippen molar-refractivity contribution in [2.24, 2.45) is 0 Å². The summed E-state index contributed by atoms with van der Waals surface area (Å²) in [4.78, 5) is 32.0. The maximum atomic E-state index is 12.5. The molecule has 27 heavy (non-hydrogen) atoms. The van der Waals surface area contributed by atoms with E-state index in [4.69, 9.17) is 11.6 Å². The van der Waals surface area contributed by atoms with Gasteiger partial charge in [0.2, 0.25) is 0 Å². The first-order valence-corrected chi connectivity index (χ1v) is 8.58. The lowest BCUT2D eigenvalue weighted by Crippen LogP contribution is -2.15. The fourth-order valence-corrected chi connectivity index (χ4v) is 2.67. The molecule has 2 aromatic carbocycles. The number of carbonyl (C=O) groups is 2. The number of Topliss-reactive ketones (excluding diaryl/α,β-unsaturated/α-hetero) is 1. The molecule has 7 heteroatoms. The van der Waals surface area contributed by atoms with Gasteiger partial charge in [-0.15, -0.1) is 0 Å². The van der Waals surface area contributed by atoms with Crippen molar-refractivity contribution < 1.29 is 9.59 Å². The van der Waals surface area contributed by atoms with Crippen molar-refractivity contribution in [1.29, 1.82) is 0 Å². The van der Waals surface area contributed by atoms with Crippen LogP contribution in [0, 0.1) is 6.92 Å². The minimum Gasteiger partial charge on any atom is -0.340 e. The maximum Gasteiger partial charge on any atom is 0.274 e. The number of benzene rings is 2. The highest BCUT2D eigenvalue weighted by Gasteiger charge is 2.11. The van der Waals surface area contributed by atoms with Crippen LogP contribution in [-0.2, 0) is 0 Å². The smallest absolute Gasteiger partial charge is 0.274 e. The second-order valence-corrected chi connectivity index (χ2v) is 6.40. The van der Waals surface area contributed by atoms with E-state index in [1.807, 2.05) is 6.92 Å². The molecule has 0 atom stereocenters. The first kappa shape index (κ1) is 18.5. The Labute approximate surface area is 161 Å². The molecule has 0 saturated carbocycles. The van der Waals surface area contributed by atoms with E-state index >= 15 is 0 Å². The number of nitrogens with zero attached hydrogens (tertiary/aromatic N) is 2. The lowest BCUT2D eigenvalue weighted by Gasteiger charge is -2.10. The SMILES string of the molecule is CC(=O)c1ccc(Nc2cc(C(=O)Nc3ccc(Cl)cc3C)ncn2)cc1. The Hall–Kier alpha value is -3.25. The molecule has 0 saturated heterocycles. The van der Waals surface area contributed by atoms with E-state index < -0.39 is 0 Å².